The molecule has 2 rings (SSSR count). The van der Waals surface area contributed by atoms with Crippen molar-refractivity contribution < 1.29 is 12.8 Å². The van der Waals surface area contributed by atoms with Crippen LogP contribution in [0.25, 0.3) is 0 Å². The summed E-state index contributed by atoms with van der Waals surface area (Å²) in [7, 11) is -3.68. The molecule has 0 aliphatic carbocycles. The quantitative estimate of drug-likeness (QED) is 0.864. The van der Waals surface area contributed by atoms with E-state index in [2.05, 4.69) is 20.7 Å². The fourth-order valence-corrected chi connectivity index (χ4v) is 4.71. The number of rotatable bonds is 3. The zero-order chi connectivity index (χ0) is 14.9. The van der Waals surface area contributed by atoms with Gasteiger partial charge in [0.05, 0.1) is 10.7 Å². The highest BCUT2D eigenvalue weighted by atomic mass is 79.9. The van der Waals surface area contributed by atoms with Gasteiger partial charge in [0.15, 0.2) is 0 Å². The van der Waals surface area contributed by atoms with E-state index >= 15 is 0 Å². The zero-order valence-electron chi connectivity index (χ0n) is 10.9. The molecule has 112 valence electrons. The lowest BCUT2D eigenvalue weighted by molar-refractivity contribution is 0.282. The largest absolute Gasteiger partial charge is 0.301 e. The molecule has 0 aromatic heterocycles. The van der Waals surface area contributed by atoms with E-state index < -0.39 is 16.0 Å². The van der Waals surface area contributed by atoms with Crippen LogP contribution in [0.3, 0.4) is 0 Å². The first-order chi connectivity index (χ1) is 9.29. The number of benzene rings is 1. The Hall–Kier alpha value is -0.370. The fraction of sp³-hybridized carbons (Fsp3) is 0.500. The molecule has 0 amide bonds. The SMILES string of the molecule is CC1CCCN(S(=O)(=O)Nc2c(Cl)cc(F)cc2Br)C1. The molecule has 8 heteroatoms. The average molecular weight is 386 g/mol. The van der Waals surface area contributed by atoms with Crippen molar-refractivity contribution in [3.63, 3.8) is 0 Å². The number of piperidine rings is 1. The Labute approximate surface area is 131 Å². The number of nitrogens with one attached hydrogen (secondary N) is 1. The summed E-state index contributed by atoms with van der Waals surface area (Å²) in [5, 5.41) is 0.0190. The number of hydrogen-bond donors (Lipinski definition) is 1. The highest BCUT2D eigenvalue weighted by Crippen LogP contribution is 2.33. The Kier molecular flexibility index (Phi) is 4.94. The third-order valence-corrected chi connectivity index (χ3v) is 5.59. The third kappa shape index (κ3) is 3.63. The standard InChI is InChI=1S/C12H15BrClFN2O2S/c1-8-3-2-4-17(7-8)20(18,19)16-12-10(13)5-9(15)6-11(12)14/h5-6,8,16H,2-4,7H2,1H3. The Morgan fingerprint density at radius 1 is 1.50 bits per heavy atom. The van der Waals surface area contributed by atoms with Crippen molar-refractivity contribution in [2.45, 2.75) is 19.8 Å². The van der Waals surface area contributed by atoms with E-state index in [1.807, 2.05) is 6.92 Å². The van der Waals surface area contributed by atoms with E-state index in [9.17, 15) is 12.8 Å². The van der Waals surface area contributed by atoms with Crippen molar-refractivity contribution in [1.82, 2.24) is 4.31 Å². The topological polar surface area (TPSA) is 49.4 Å². The molecule has 1 aliphatic heterocycles. The van der Waals surface area contributed by atoms with Gasteiger partial charge in [-0.15, -0.1) is 0 Å². The van der Waals surface area contributed by atoms with Gasteiger partial charge < -0.3 is 0 Å². The van der Waals surface area contributed by atoms with E-state index in [1.165, 1.54) is 10.4 Å². The Morgan fingerprint density at radius 3 is 2.80 bits per heavy atom. The minimum Gasteiger partial charge on any atom is -0.268 e. The molecule has 1 aromatic rings. The molecule has 4 nitrogen and oxygen atoms in total. The fourth-order valence-electron chi connectivity index (χ4n) is 2.20. The zero-order valence-corrected chi connectivity index (χ0v) is 14.0. The first kappa shape index (κ1) is 16.0. The van der Waals surface area contributed by atoms with Crippen LogP contribution < -0.4 is 4.72 Å². The highest BCUT2D eigenvalue weighted by molar-refractivity contribution is 9.10. The van der Waals surface area contributed by atoms with Crippen LogP contribution in [0.1, 0.15) is 19.8 Å². The summed E-state index contributed by atoms with van der Waals surface area (Å²) in [5.41, 5.74) is 0.159. The van der Waals surface area contributed by atoms with E-state index in [0.29, 0.717) is 19.0 Å². The maximum Gasteiger partial charge on any atom is 0.301 e. The molecule has 1 N–H and O–H groups in total. The second-order valence-electron chi connectivity index (χ2n) is 4.96. The average Bonchev–Trinajstić information content (AvgIpc) is 2.34. The molecule has 1 saturated heterocycles. The molecule has 1 atom stereocenters. The summed E-state index contributed by atoms with van der Waals surface area (Å²) >= 11 is 9.01. The first-order valence-corrected chi connectivity index (χ1v) is 8.83. The van der Waals surface area contributed by atoms with Crippen molar-refractivity contribution >= 4 is 43.4 Å². The lowest BCUT2D eigenvalue weighted by Crippen LogP contribution is -2.42. The van der Waals surface area contributed by atoms with E-state index in [-0.39, 0.29) is 15.2 Å². The van der Waals surface area contributed by atoms with Gasteiger partial charge in [0, 0.05) is 17.6 Å². The summed E-state index contributed by atoms with van der Waals surface area (Å²) in [4.78, 5) is 0. The van der Waals surface area contributed by atoms with E-state index in [0.717, 1.165) is 18.9 Å². The van der Waals surface area contributed by atoms with Gasteiger partial charge in [-0.1, -0.05) is 18.5 Å². The van der Waals surface area contributed by atoms with Gasteiger partial charge in [0.25, 0.3) is 0 Å². The Balaban J connectivity index is 2.24. The van der Waals surface area contributed by atoms with E-state index in [4.69, 9.17) is 11.6 Å². The van der Waals surface area contributed by atoms with Crippen LogP contribution >= 0.6 is 27.5 Å². The van der Waals surface area contributed by atoms with Gasteiger partial charge in [-0.05, 0) is 46.8 Å². The molecule has 1 heterocycles. The third-order valence-electron chi connectivity index (χ3n) is 3.20. The normalized spacial score (nSPS) is 20.9. The lowest BCUT2D eigenvalue weighted by Gasteiger charge is -2.30. The van der Waals surface area contributed by atoms with Crippen molar-refractivity contribution in [2.75, 3.05) is 17.8 Å². The van der Waals surface area contributed by atoms with Gasteiger partial charge in [0.2, 0.25) is 0 Å². The molecular formula is C12H15BrClFN2O2S. The molecule has 0 radical (unpaired) electrons. The number of nitrogens with zero attached hydrogens (tertiary/aromatic N) is 1. The van der Waals surface area contributed by atoms with Gasteiger partial charge >= 0.3 is 10.2 Å². The monoisotopic (exact) mass is 384 g/mol. The van der Waals surface area contributed by atoms with Gasteiger partial charge in [-0.2, -0.15) is 12.7 Å². The molecule has 20 heavy (non-hydrogen) atoms. The minimum atomic E-state index is -3.68. The molecule has 0 saturated carbocycles. The second kappa shape index (κ2) is 6.17. The molecule has 1 aromatic carbocycles. The van der Waals surface area contributed by atoms with Gasteiger partial charge in [-0.25, -0.2) is 4.39 Å². The summed E-state index contributed by atoms with van der Waals surface area (Å²) in [6.45, 7) is 2.98. The number of hydrogen-bond acceptors (Lipinski definition) is 2. The highest BCUT2D eigenvalue weighted by Gasteiger charge is 2.28. The molecule has 0 spiro atoms. The second-order valence-corrected chi connectivity index (χ2v) is 7.89. The molecular weight excluding hydrogens is 371 g/mol. The number of halogens is 3. The minimum absolute atomic E-state index is 0.0190. The maximum atomic E-state index is 13.1. The summed E-state index contributed by atoms with van der Waals surface area (Å²) in [5.74, 6) is -0.205. The van der Waals surface area contributed by atoms with E-state index in [1.54, 1.807) is 0 Å². The molecule has 1 fully saturated rings. The maximum absolute atomic E-state index is 13.1. The Bertz CT molecular complexity index is 588. The summed E-state index contributed by atoms with van der Waals surface area (Å²) < 4.78 is 41.9. The lowest BCUT2D eigenvalue weighted by atomic mass is 10.0. The van der Waals surface area contributed by atoms with Crippen LogP contribution in [0.4, 0.5) is 10.1 Å². The molecule has 1 aliphatic rings. The van der Waals surface area contributed by atoms with Crippen LogP contribution in [0.5, 0.6) is 0 Å². The van der Waals surface area contributed by atoms with Crippen LogP contribution in [-0.4, -0.2) is 25.8 Å². The first-order valence-electron chi connectivity index (χ1n) is 6.22. The molecule has 0 bridgehead atoms. The summed E-state index contributed by atoms with van der Waals surface area (Å²) in [6, 6.07) is 2.24. The Morgan fingerprint density at radius 2 is 2.20 bits per heavy atom. The van der Waals surface area contributed by atoms with Gasteiger partial charge in [-0.3, -0.25) is 4.72 Å². The van der Waals surface area contributed by atoms with Crippen LogP contribution in [0.2, 0.25) is 5.02 Å². The predicted octanol–water partition coefficient (Wildman–Crippen LogP) is 3.63. The van der Waals surface area contributed by atoms with Crippen LogP contribution in [-0.2, 0) is 10.2 Å². The van der Waals surface area contributed by atoms with Crippen LogP contribution in [0.15, 0.2) is 16.6 Å². The van der Waals surface area contributed by atoms with Gasteiger partial charge in [0.1, 0.15) is 5.82 Å². The summed E-state index contributed by atoms with van der Waals surface area (Å²) in [6.07, 6.45) is 1.85. The van der Waals surface area contributed by atoms with Crippen LogP contribution in [0, 0.1) is 11.7 Å². The van der Waals surface area contributed by atoms with Crippen molar-refractivity contribution in [3.8, 4) is 0 Å². The van der Waals surface area contributed by atoms with Crippen molar-refractivity contribution in [2.24, 2.45) is 5.92 Å². The molecule has 1 unspecified atom stereocenters. The van der Waals surface area contributed by atoms with Crippen molar-refractivity contribution in [1.29, 1.82) is 0 Å². The predicted molar refractivity (Wildman–Crippen MR) is 81.6 cm³/mol. The van der Waals surface area contributed by atoms with Crippen molar-refractivity contribution in [3.05, 3.63) is 27.4 Å². The smallest absolute Gasteiger partial charge is 0.268 e. The number of anilines is 1.